The van der Waals surface area contributed by atoms with Gasteiger partial charge in [-0.1, -0.05) is 13.8 Å². The molecule has 0 spiro atoms. The Balaban J connectivity index is 2.20. The maximum Gasteiger partial charge on any atom is 0.355 e. The predicted octanol–water partition coefficient (Wildman–Crippen LogP) is 3.36. The topological polar surface area (TPSA) is 71.6 Å². The van der Waals surface area contributed by atoms with E-state index in [4.69, 9.17) is 9.47 Å². The van der Waals surface area contributed by atoms with Crippen LogP contribution < -0.4 is 0 Å². The smallest absolute Gasteiger partial charge is 0.355 e. The molecule has 0 unspecified atom stereocenters. The average Bonchev–Trinajstić information content (AvgIpc) is 3.16. The minimum absolute atomic E-state index is 0.107. The highest BCUT2D eigenvalue weighted by molar-refractivity contribution is 5.90. The standard InChI is InChI=1S/C20H32N2O4/c1-6-25-20(24)19-14(4)17(15(5)21-19)12-22(18(23)10-13(2)3)11-16-8-7-9-26-16/h13,16,21H,6-12H2,1-5H3/t16-/m1/s1. The van der Waals surface area contributed by atoms with Gasteiger partial charge < -0.3 is 19.4 Å². The third-order valence-corrected chi connectivity index (χ3v) is 4.80. The van der Waals surface area contributed by atoms with E-state index in [9.17, 15) is 9.59 Å². The van der Waals surface area contributed by atoms with Crippen LogP contribution in [-0.4, -0.2) is 47.6 Å². The maximum atomic E-state index is 12.8. The molecule has 6 nitrogen and oxygen atoms in total. The van der Waals surface area contributed by atoms with Gasteiger partial charge in [-0.05, 0) is 50.7 Å². The van der Waals surface area contributed by atoms with Gasteiger partial charge in [0, 0.05) is 31.8 Å². The second-order valence-corrected chi connectivity index (χ2v) is 7.46. The molecule has 26 heavy (non-hydrogen) atoms. The zero-order valence-electron chi connectivity index (χ0n) is 16.7. The summed E-state index contributed by atoms with van der Waals surface area (Å²) in [5, 5.41) is 0. The Kier molecular flexibility index (Phi) is 7.26. The third-order valence-electron chi connectivity index (χ3n) is 4.80. The van der Waals surface area contributed by atoms with Crippen molar-refractivity contribution in [1.82, 2.24) is 9.88 Å². The van der Waals surface area contributed by atoms with Crippen LogP contribution in [0.2, 0.25) is 0 Å². The van der Waals surface area contributed by atoms with E-state index in [0.29, 0.717) is 37.7 Å². The molecule has 6 heteroatoms. The SMILES string of the molecule is CCOC(=O)c1[nH]c(C)c(CN(C[C@H]2CCCO2)C(=O)CC(C)C)c1C. The van der Waals surface area contributed by atoms with Crippen molar-refractivity contribution in [1.29, 1.82) is 0 Å². The van der Waals surface area contributed by atoms with Crippen molar-refractivity contribution < 1.29 is 19.1 Å². The van der Waals surface area contributed by atoms with Crippen LogP contribution in [0.3, 0.4) is 0 Å². The molecular formula is C20H32N2O4. The Morgan fingerprint density at radius 2 is 2.08 bits per heavy atom. The zero-order valence-corrected chi connectivity index (χ0v) is 16.7. The lowest BCUT2D eigenvalue weighted by atomic mass is 10.1. The molecule has 0 aliphatic carbocycles. The van der Waals surface area contributed by atoms with E-state index in [1.807, 2.05) is 32.6 Å². The van der Waals surface area contributed by atoms with E-state index in [1.165, 1.54) is 0 Å². The quantitative estimate of drug-likeness (QED) is 0.718. The number of aromatic nitrogens is 1. The summed E-state index contributed by atoms with van der Waals surface area (Å²) >= 11 is 0. The molecule has 0 radical (unpaired) electrons. The molecule has 2 heterocycles. The molecule has 0 aromatic carbocycles. The first-order chi connectivity index (χ1) is 12.3. The molecule has 1 atom stereocenters. The lowest BCUT2D eigenvalue weighted by Gasteiger charge is -2.27. The van der Waals surface area contributed by atoms with Crippen molar-refractivity contribution in [2.24, 2.45) is 5.92 Å². The van der Waals surface area contributed by atoms with Crippen LogP contribution in [0.4, 0.5) is 0 Å². The summed E-state index contributed by atoms with van der Waals surface area (Å²) in [6.45, 7) is 11.9. The number of carbonyl (C=O) groups is 2. The monoisotopic (exact) mass is 364 g/mol. The van der Waals surface area contributed by atoms with Crippen LogP contribution >= 0.6 is 0 Å². The Morgan fingerprint density at radius 1 is 1.35 bits per heavy atom. The Morgan fingerprint density at radius 3 is 2.65 bits per heavy atom. The van der Waals surface area contributed by atoms with Gasteiger partial charge in [-0.15, -0.1) is 0 Å². The van der Waals surface area contributed by atoms with E-state index in [1.54, 1.807) is 6.92 Å². The molecule has 1 fully saturated rings. The van der Waals surface area contributed by atoms with E-state index in [0.717, 1.165) is 36.3 Å². The van der Waals surface area contributed by atoms with Gasteiger partial charge in [0.05, 0.1) is 12.7 Å². The highest BCUT2D eigenvalue weighted by Crippen LogP contribution is 2.23. The van der Waals surface area contributed by atoms with Gasteiger partial charge >= 0.3 is 5.97 Å². The number of rotatable bonds is 8. The van der Waals surface area contributed by atoms with Gasteiger partial charge in [-0.25, -0.2) is 4.79 Å². The fourth-order valence-electron chi connectivity index (χ4n) is 3.39. The van der Waals surface area contributed by atoms with Gasteiger partial charge in [-0.3, -0.25) is 4.79 Å². The van der Waals surface area contributed by atoms with Gasteiger partial charge in [0.15, 0.2) is 0 Å². The molecule has 1 saturated heterocycles. The highest BCUT2D eigenvalue weighted by Gasteiger charge is 2.26. The lowest BCUT2D eigenvalue weighted by molar-refractivity contribution is -0.134. The number of esters is 1. The summed E-state index contributed by atoms with van der Waals surface area (Å²) in [5.41, 5.74) is 3.23. The van der Waals surface area contributed by atoms with E-state index in [2.05, 4.69) is 4.98 Å². The fraction of sp³-hybridized carbons (Fsp3) is 0.700. The number of H-pyrrole nitrogens is 1. The van der Waals surface area contributed by atoms with Crippen LogP contribution in [0.15, 0.2) is 0 Å². The van der Waals surface area contributed by atoms with E-state index < -0.39 is 0 Å². The molecule has 2 rings (SSSR count). The number of nitrogens with zero attached hydrogens (tertiary/aromatic N) is 1. The average molecular weight is 364 g/mol. The Labute approximate surface area is 156 Å². The highest BCUT2D eigenvalue weighted by atomic mass is 16.5. The van der Waals surface area contributed by atoms with Crippen molar-refractivity contribution in [3.8, 4) is 0 Å². The van der Waals surface area contributed by atoms with Gasteiger partial charge in [0.25, 0.3) is 0 Å². The number of aryl methyl sites for hydroxylation is 1. The molecule has 1 aliphatic heterocycles. The summed E-state index contributed by atoms with van der Waals surface area (Å²) in [4.78, 5) is 29.9. The molecule has 0 bridgehead atoms. The molecular weight excluding hydrogens is 332 g/mol. The van der Waals surface area contributed by atoms with Crippen LogP contribution in [0, 0.1) is 19.8 Å². The predicted molar refractivity (Wildman–Crippen MR) is 100 cm³/mol. The first-order valence-electron chi connectivity index (χ1n) is 9.58. The Bertz CT molecular complexity index is 630. The number of amides is 1. The van der Waals surface area contributed by atoms with Crippen molar-refractivity contribution in [3.63, 3.8) is 0 Å². The number of hydrogen-bond acceptors (Lipinski definition) is 4. The Hall–Kier alpha value is -1.82. The van der Waals surface area contributed by atoms with Crippen molar-refractivity contribution in [2.45, 2.75) is 66.5 Å². The first-order valence-corrected chi connectivity index (χ1v) is 9.58. The third kappa shape index (κ3) is 5.10. The molecule has 1 aromatic heterocycles. The minimum atomic E-state index is -0.349. The largest absolute Gasteiger partial charge is 0.461 e. The zero-order chi connectivity index (χ0) is 19.3. The maximum absolute atomic E-state index is 12.8. The molecule has 0 saturated carbocycles. The lowest BCUT2D eigenvalue weighted by Crippen LogP contribution is -2.37. The van der Waals surface area contributed by atoms with Gasteiger partial charge in [0.2, 0.25) is 5.91 Å². The number of nitrogens with one attached hydrogen (secondary N) is 1. The van der Waals surface area contributed by atoms with Crippen LogP contribution in [0.25, 0.3) is 0 Å². The second-order valence-electron chi connectivity index (χ2n) is 7.46. The first kappa shape index (κ1) is 20.5. The number of hydrogen-bond donors (Lipinski definition) is 1. The summed E-state index contributed by atoms with van der Waals surface area (Å²) in [6, 6.07) is 0. The van der Waals surface area contributed by atoms with Crippen LogP contribution in [0.1, 0.15) is 67.3 Å². The minimum Gasteiger partial charge on any atom is -0.461 e. The van der Waals surface area contributed by atoms with Crippen LogP contribution in [-0.2, 0) is 20.8 Å². The molecule has 146 valence electrons. The van der Waals surface area contributed by atoms with E-state index in [-0.39, 0.29) is 18.0 Å². The molecule has 1 aliphatic rings. The normalized spacial score (nSPS) is 16.9. The fourth-order valence-corrected chi connectivity index (χ4v) is 3.39. The van der Waals surface area contributed by atoms with E-state index >= 15 is 0 Å². The number of ether oxygens (including phenoxy) is 2. The summed E-state index contributed by atoms with van der Waals surface area (Å²) in [6.07, 6.45) is 2.66. The van der Waals surface area contributed by atoms with Crippen molar-refractivity contribution in [3.05, 3.63) is 22.5 Å². The summed E-state index contributed by atoms with van der Waals surface area (Å²) in [7, 11) is 0. The number of carbonyl (C=O) groups excluding carboxylic acids is 2. The van der Waals surface area contributed by atoms with Gasteiger partial charge in [0.1, 0.15) is 5.69 Å². The van der Waals surface area contributed by atoms with Crippen LogP contribution in [0.5, 0.6) is 0 Å². The van der Waals surface area contributed by atoms with Gasteiger partial charge in [-0.2, -0.15) is 0 Å². The summed E-state index contributed by atoms with van der Waals surface area (Å²) < 4.78 is 10.9. The second kappa shape index (κ2) is 9.21. The molecule has 1 N–H and O–H groups in total. The molecule has 1 aromatic rings. The molecule has 1 amide bonds. The number of aromatic amines is 1. The van der Waals surface area contributed by atoms with Crippen molar-refractivity contribution in [2.75, 3.05) is 19.8 Å². The van der Waals surface area contributed by atoms with Crippen molar-refractivity contribution >= 4 is 11.9 Å². The summed E-state index contributed by atoms with van der Waals surface area (Å²) in [5.74, 6) is 0.0877.